The number of thioether (sulfide) groups is 1. The largest absolute Gasteiger partial charge is 0.370 e. The van der Waals surface area contributed by atoms with Crippen LogP contribution in [0.1, 0.15) is 31.4 Å². The molecule has 0 spiro atoms. The molecule has 0 aliphatic carbocycles. The number of piperazine rings is 1. The summed E-state index contributed by atoms with van der Waals surface area (Å²) in [4.78, 5) is 32.6. The molecule has 10 heteroatoms. The Morgan fingerprint density at radius 3 is 2.36 bits per heavy atom. The predicted octanol–water partition coefficient (Wildman–Crippen LogP) is 4.55. The molecule has 8 nitrogen and oxygen atoms in total. The second kappa shape index (κ2) is 12.4. The number of rotatable bonds is 9. The number of benzene rings is 1. The van der Waals surface area contributed by atoms with Gasteiger partial charge in [0.05, 0.1) is 22.4 Å². The molecule has 3 aromatic rings. The van der Waals surface area contributed by atoms with Crippen molar-refractivity contribution in [3.05, 3.63) is 36.0 Å². The van der Waals surface area contributed by atoms with Crippen molar-refractivity contribution >= 4 is 56.4 Å². The van der Waals surface area contributed by atoms with Crippen LogP contribution in [0.25, 0.3) is 10.2 Å². The molecule has 208 valence electrons. The van der Waals surface area contributed by atoms with Crippen LogP contribution in [0.15, 0.2) is 34.7 Å². The van der Waals surface area contributed by atoms with Crippen LogP contribution in [-0.2, 0) is 4.79 Å². The molecule has 1 amide bonds. The summed E-state index contributed by atoms with van der Waals surface area (Å²) in [7, 11) is 0. The minimum atomic E-state index is 0.0707. The smallest absolute Gasteiger partial charge is 0.238 e. The number of aryl methyl sites for hydroxylation is 1. The maximum absolute atomic E-state index is 13.3. The van der Waals surface area contributed by atoms with Gasteiger partial charge in [-0.15, -0.1) is 11.3 Å². The highest BCUT2D eigenvalue weighted by atomic mass is 32.2. The molecule has 1 N–H and O–H groups in total. The summed E-state index contributed by atoms with van der Waals surface area (Å²) in [6.45, 7) is 11.5. The first-order valence-corrected chi connectivity index (χ1v) is 16.2. The molecule has 3 saturated heterocycles. The number of pyridine rings is 1. The first kappa shape index (κ1) is 26.8. The van der Waals surface area contributed by atoms with E-state index in [2.05, 4.69) is 56.1 Å². The first-order chi connectivity index (χ1) is 19.1. The van der Waals surface area contributed by atoms with E-state index in [0.717, 1.165) is 97.4 Å². The number of amides is 1. The van der Waals surface area contributed by atoms with Crippen LogP contribution in [0, 0.1) is 6.92 Å². The van der Waals surface area contributed by atoms with E-state index in [1.54, 1.807) is 11.3 Å². The second-order valence-corrected chi connectivity index (χ2v) is 13.2. The third kappa shape index (κ3) is 6.51. The molecule has 0 radical (unpaired) electrons. The third-order valence-electron chi connectivity index (χ3n) is 7.96. The number of aromatic nitrogens is 2. The van der Waals surface area contributed by atoms with Gasteiger partial charge in [0.25, 0.3) is 0 Å². The van der Waals surface area contributed by atoms with Gasteiger partial charge in [-0.1, -0.05) is 23.9 Å². The fourth-order valence-corrected chi connectivity index (χ4v) is 7.99. The van der Waals surface area contributed by atoms with Crippen molar-refractivity contribution < 1.29 is 4.79 Å². The van der Waals surface area contributed by atoms with Gasteiger partial charge >= 0.3 is 0 Å². The number of nitrogens with one attached hydrogen (secondary N) is 1. The van der Waals surface area contributed by atoms with Crippen LogP contribution < -0.4 is 15.1 Å². The van der Waals surface area contributed by atoms with E-state index in [0.29, 0.717) is 6.54 Å². The second-order valence-electron chi connectivity index (χ2n) is 10.8. The summed E-state index contributed by atoms with van der Waals surface area (Å²) in [5.74, 6) is 2.07. The molecule has 3 aliphatic rings. The van der Waals surface area contributed by atoms with Crippen LogP contribution in [0.3, 0.4) is 0 Å². The topological polar surface area (TPSA) is 67.8 Å². The zero-order valence-electron chi connectivity index (χ0n) is 22.9. The number of anilines is 3. The van der Waals surface area contributed by atoms with Crippen molar-refractivity contribution in [1.29, 1.82) is 0 Å². The summed E-state index contributed by atoms with van der Waals surface area (Å²) >= 11 is 3.63. The number of carbonyl (C=O) groups excluding carboxylic acids is 1. The predicted molar refractivity (Wildman–Crippen MR) is 164 cm³/mol. The van der Waals surface area contributed by atoms with E-state index < -0.39 is 0 Å². The van der Waals surface area contributed by atoms with Gasteiger partial charge in [-0.2, -0.15) is 0 Å². The van der Waals surface area contributed by atoms with Gasteiger partial charge in [0.15, 0.2) is 10.2 Å². The lowest BCUT2D eigenvalue weighted by Gasteiger charge is -2.34. The van der Waals surface area contributed by atoms with E-state index >= 15 is 0 Å². The molecule has 0 bridgehead atoms. The van der Waals surface area contributed by atoms with Crippen LogP contribution in [-0.4, -0.2) is 96.9 Å². The zero-order valence-corrected chi connectivity index (χ0v) is 24.5. The van der Waals surface area contributed by atoms with Gasteiger partial charge in [-0.25, -0.2) is 9.97 Å². The average molecular weight is 566 g/mol. The number of carbonyl (C=O) groups is 1. The molecular weight excluding hydrogens is 527 g/mol. The Morgan fingerprint density at radius 1 is 0.923 bits per heavy atom. The molecule has 0 saturated carbocycles. The van der Waals surface area contributed by atoms with E-state index in [-0.39, 0.29) is 5.91 Å². The van der Waals surface area contributed by atoms with E-state index in [1.807, 2.05) is 17.8 Å². The zero-order chi connectivity index (χ0) is 26.6. The Balaban J connectivity index is 1.02. The van der Waals surface area contributed by atoms with Gasteiger partial charge in [-0.3, -0.25) is 14.6 Å². The first-order valence-electron chi connectivity index (χ1n) is 14.4. The number of hydrogen-bond acceptors (Lipinski definition) is 9. The highest BCUT2D eigenvalue weighted by Gasteiger charge is 2.26. The quantitative estimate of drug-likeness (QED) is 0.379. The summed E-state index contributed by atoms with van der Waals surface area (Å²) in [5, 5.41) is 3.33. The van der Waals surface area contributed by atoms with E-state index in [4.69, 9.17) is 9.97 Å². The summed E-state index contributed by atoms with van der Waals surface area (Å²) < 4.78 is 2.41. The highest BCUT2D eigenvalue weighted by molar-refractivity contribution is 8.01. The van der Waals surface area contributed by atoms with Crippen molar-refractivity contribution in [2.24, 2.45) is 0 Å². The molecule has 3 aliphatic heterocycles. The average Bonchev–Trinajstić information content (AvgIpc) is 3.72. The molecule has 0 atom stereocenters. The molecule has 1 aromatic carbocycles. The highest BCUT2D eigenvalue weighted by Crippen LogP contribution is 2.38. The van der Waals surface area contributed by atoms with E-state index in [1.165, 1.54) is 30.4 Å². The van der Waals surface area contributed by atoms with Crippen molar-refractivity contribution in [2.45, 2.75) is 36.9 Å². The number of thiazole rings is 1. The van der Waals surface area contributed by atoms with Gasteiger partial charge in [0, 0.05) is 70.3 Å². The van der Waals surface area contributed by atoms with Crippen molar-refractivity contribution in [3.8, 4) is 0 Å². The van der Waals surface area contributed by atoms with Gasteiger partial charge in [0.1, 0.15) is 5.69 Å². The Morgan fingerprint density at radius 2 is 1.62 bits per heavy atom. The van der Waals surface area contributed by atoms with Crippen molar-refractivity contribution in [2.75, 3.05) is 86.3 Å². The fourth-order valence-electron chi connectivity index (χ4n) is 5.85. The summed E-state index contributed by atoms with van der Waals surface area (Å²) in [6.07, 6.45) is 4.78. The Kier molecular flexibility index (Phi) is 8.53. The van der Waals surface area contributed by atoms with Crippen molar-refractivity contribution in [3.63, 3.8) is 0 Å². The van der Waals surface area contributed by atoms with Gasteiger partial charge in [0.2, 0.25) is 5.91 Å². The fraction of sp³-hybridized carbons (Fsp3) is 0.552. The Hall–Kier alpha value is -2.40. The maximum Gasteiger partial charge on any atom is 0.238 e. The monoisotopic (exact) mass is 565 g/mol. The van der Waals surface area contributed by atoms with Crippen LogP contribution in [0.2, 0.25) is 0 Å². The Bertz CT molecular complexity index is 1210. The number of para-hydroxylation sites is 1. The van der Waals surface area contributed by atoms with Crippen LogP contribution >= 0.6 is 23.1 Å². The molecule has 39 heavy (non-hydrogen) atoms. The standard InChI is InChI=1S/C29H39N7OS2/c1-22-20-24(35-10-4-5-11-35)27(28(30-22)36-12-6-7-13-36)32-26(37)21-34-16-14-33(15-17-34)18-19-38-29-31-23-8-2-3-9-25(23)39-29/h2-3,8-9,20H,4-7,10-19,21H2,1H3,(H,32,37). The molecule has 5 heterocycles. The lowest BCUT2D eigenvalue weighted by Crippen LogP contribution is -2.49. The van der Waals surface area contributed by atoms with Gasteiger partial charge < -0.3 is 15.1 Å². The number of fused-ring (bicyclic) bond motifs is 1. The number of nitrogens with zero attached hydrogens (tertiary/aromatic N) is 6. The molecule has 6 rings (SSSR count). The molecule has 3 fully saturated rings. The lowest BCUT2D eigenvalue weighted by atomic mass is 10.2. The normalized spacial score (nSPS) is 18.9. The van der Waals surface area contributed by atoms with Gasteiger partial charge in [-0.05, 0) is 50.8 Å². The molecule has 2 aromatic heterocycles. The lowest BCUT2D eigenvalue weighted by molar-refractivity contribution is -0.117. The minimum Gasteiger partial charge on any atom is -0.370 e. The SMILES string of the molecule is Cc1cc(N2CCCC2)c(NC(=O)CN2CCN(CCSc3nc4ccccc4s3)CC2)c(N2CCCC2)n1. The van der Waals surface area contributed by atoms with Crippen LogP contribution in [0.4, 0.5) is 17.2 Å². The summed E-state index contributed by atoms with van der Waals surface area (Å²) in [6, 6.07) is 10.5. The van der Waals surface area contributed by atoms with Crippen molar-refractivity contribution in [1.82, 2.24) is 19.8 Å². The number of hydrogen-bond donors (Lipinski definition) is 1. The van der Waals surface area contributed by atoms with E-state index in [9.17, 15) is 4.79 Å². The minimum absolute atomic E-state index is 0.0707. The third-order valence-corrected chi connectivity index (χ3v) is 10.1. The molecular formula is C29H39N7OS2. The summed E-state index contributed by atoms with van der Waals surface area (Å²) in [5.41, 5.74) is 4.18. The Labute approximate surface area is 239 Å². The van der Waals surface area contributed by atoms with Crippen LogP contribution in [0.5, 0.6) is 0 Å². The maximum atomic E-state index is 13.3. The molecule has 0 unspecified atom stereocenters.